The number of hydrogen-bond donors (Lipinski definition) is 0. The molecule has 0 aliphatic heterocycles. The third-order valence-electron chi connectivity index (χ3n) is 4.35. The van der Waals surface area contributed by atoms with Crippen LogP contribution < -0.4 is 5.38 Å². The molecule has 136 valence electrons. The second-order valence-electron chi connectivity index (χ2n) is 7.87. The zero-order valence-corrected chi connectivity index (χ0v) is 17.2. The molecule has 0 aliphatic carbocycles. The summed E-state index contributed by atoms with van der Waals surface area (Å²) in [5, 5.41) is 1.09. The lowest BCUT2D eigenvalue weighted by Gasteiger charge is -2.10. The van der Waals surface area contributed by atoms with Crippen LogP contribution in [0.15, 0.2) is 22.8 Å². The quantitative estimate of drug-likeness (QED) is 0.237. The molecule has 24 heavy (non-hydrogen) atoms. The second kappa shape index (κ2) is 11.5. The number of unbranched alkanes of at least 4 members (excludes halogenated alkanes) is 8. The first-order valence-corrected chi connectivity index (χ1v) is 13.2. The summed E-state index contributed by atoms with van der Waals surface area (Å²) in [5.41, 5.74) is 1.01. The van der Waals surface area contributed by atoms with Crippen molar-refractivity contribution >= 4 is 25.3 Å². The van der Waals surface area contributed by atoms with Crippen molar-refractivity contribution in [2.45, 2.75) is 90.8 Å². The maximum atomic E-state index is 11.9. The standard InChI is InChI=1S/C21H36O2Si/c1-5-6-7-8-9-10-11-12-13-14-20(22)16-15-19-17-21(23-18-19)24(2,3)4/h15-18H,5-14H2,1-4H3. The fraction of sp³-hybridized carbons (Fsp3) is 0.667. The fourth-order valence-corrected chi connectivity index (χ4v) is 3.73. The number of ketones is 1. The first-order chi connectivity index (χ1) is 11.4. The van der Waals surface area contributed by atoms with Gasteiger partial charge in [0.1, 0.15) is 8.07 Å². The topological polar surface area (TPSA) is 30.2 Å². The lowest BCUT2D eigenvalue weighted by molar-refractivity contribution is -0.114. The van der Waals surface area contributed by atoms with Gasteiger partial charge in [-0.25, -0.2) is 0 Å². The molecule has 0 aliphatic rings. The van der Waals surface area contributed by atoms with Crippen molar-refractivity contribution < 1.29 is 9.21 Å². The van der Waals surface area contributed by atoms with Crippen molar-refractivity contribution in [3.8, 4) is 0 Å². The number of hydrogen-bond acceptors (Lipinski definition) is 2. The van der Waals surface area contributed by atoms with Gasteiger partial charge in [0.15, 0.2) is 5.78 Å². The van der Waals surface area contributed by atoms with Crippen LogP contribution in [0.4, 0.5) is 0 Å². The molecule has 3 heteroatoms. The van der Waals surface area contributed by atoms with Crippen LogP contribution in [0.5, 0.6) is 0 Å². The Morgan fingerprint density at radius 3 is 2.12 bits per heavy atom. The average Bonchev–Trinajstić information content (AvgIpc) is 3.00. The average molecular weight is 349 g/mol. The molecule has 1 rings (SSSR count). The maximum Gasteiger partial charge on any atom is 0.155 e. The molecule has 0 atom stereocenters. The van der Waals surface area contributed by atoms with E-state index < -0.39 is 8.07 Å². The van der Waals surface area contributed by atoms with Gasteiger partial charge in [-0.1, -0.05) is 77.9 Å². The molecule has 1 aromatic heterocycles. The van der Waals surface area contributed by atoms with E-state index in [0.717, 1.165) is 17.4 Å². The highest BCUT2D eigenvalue weighted by Crippen LogP contribution is 2.12. The van der Waals surface area contributed by atoms with Crippen molar-refractivity contribution in [1.29, 1.82) is 0 Å². The van der Waals surface area contributed by atoms with E-state index in [1.165, 1.54) is 51.4 Å². The molecular formula is C21H36O2Si. The number of rotatable bonds is 13. The molecular weight excluding hydrogens is 312 g/mol. The SMILES string of the molecule is CCCCCCCCCCCC(=O)C=Cc1coc([Si](C)(C)C)c1. The van der Waals surface area contributed by atoms with Gasteiger partial charge in [-0.15, -0.1) is 0 Å². The van der Waals surface area contributed by atoms with Crippen molar-refractivity contribution in [2.75, 3.05) is 0 Å². The van der Waals surface area contributed by atoms with Crippen LogP contribution in [0.3, 0.4) is 0 Å². The Morgan fingerprint density at radius 1 is 1.00 bits per heavy atom. The van der Waals surface area contributed by atoms with Crippen molar-refractivity contribution in [2.24, 2.45) is 0 Å². The number of allylic oxidation sites excluding steroid dienone is 1. The van der Waals surface area contributed by atoms with Crippen molar-refractivity contribution in [3.63, 3.8) is 0 Å². The van der Waals surface area contributed by atoms with Gasteiger partial charge in [0, 0.05) is 12.0 Å². The van der Waals surface area contributed by atoms with Gasteiger partial charge in [0.05, 0.1) is 11.6 Å². The highest BCUT2D eigenvalue weighted by Gasteiger charge is 2.20. The molecule has 0 unspecified atom stereocenters. The summed E-state index contributed by atoms with van der Waals surface area (Å²) in [6, 6.07) is 2.08. The van der Waals surface area contributed by atoms with Gasteiger partial charge < -0.3 is 4.42 Å². The zero-order valence-electron chi connectivity index (χ0n) is 16.2. The van der Waals surface area contributed by atoms with Crippen LogP contribution in [0.25, 0.3) is 6.08 Å². The predicted octanol–water partition coefficient (Wildman–Crippen LogP) is 6.33. The Labute approximate surface area is 149 Å². The Bertz CT molecular complexity index is 494. The highest BCUT2D eigenvalue weighted by molar-refractivity contribution is 6.87. The van der Waals surface area contributed by atoms with Gasteiger partial charge in [-0.3, -0.25) is 4.79 Å². The molecule has 0 saturated heterocycles. The van der Waals surface area contributed by atoms with E-state index in [4.69, 9.17) is 4.42 Å². The monoisotopic (exact) mass is 348 g/mol. The normalized spacial score (nSPS) is 12.2. The van der Waals surface area contributed by atoms with E-state index in [-0.39, 0.29) is 5.78 Å². The summed E-state index contributed by atoms with van der Waals surface area (Å²) in [5.74, 6) is 0.230. The molecule has 0 saturated carbocycles. The lowest BCUT2D eigenvalue weighted by atomic mass is 10.1. The summed E-state index contributed by atoms with van der Waals surface area (Å²) in [6.07, 6.45) is 17.6. The summed E-state index contributed by atoms with van der Waals surface area (Å²) in [4.78, 5) is 11.9. The Balaban J connectivity index is 2.12. The zero-order chi connectivity index (χ0) is 17.8. The molecule has 1 heterocycles. The van der Waals surface area contributed by atoms with Crippen molar-refractivity contribution in [1.82, 2.24) is 0 Å². The molecule has 0 bridgehead atoms. The van der Waals surface area contributed by atoms with E-state index >= 15 is 0 Å². The Kier molecular flexibility index (Phi) is 10.0. The first-order valence-electron chi connectivity index (χ1n) is 9.73. The third-order valence-corrected chi connectivity index (χ3v) is 6.09. The van der Waals surface area contributed by atoms with Crippen LogP contribution >= 0.6 is 0 Å². The van der Waals surface area contributed by atoms with E-state index in [9.17, 15) is 4.79 Å². The van der Waals surface area contributed by atoms with Gasteiger partial charge in [0.2, 0.25) is 0 Å². The molecule has 1 aromatic rings. The summed E-state index contributed by atoms with van der Waals surface area (Å²) in [6.45, 7) is 9.03. The molecule has 0 aromatic carbocycles. The largest absolute Gasteiger partial charge is 0.474 e. The smallest absolute Gasteiger partial charge is 0.155 e. The summed E-state index contributed by atoms with van der Waals surface area (Å²) < 4.78 is 5.62. The van der Waals surface area contributed by atoms with E-state index in [1.54, 1.807) is 12.3 Å². The lowest BCUT2D eigenvalue weighted by Crippen LogP contribution is -2.36. The Morgan fingerprint density at radius 2 is 1.58 bits per heavy atom. The number of carbonyl (C=O) groups excluding carboxylic acids is 1. The molecule has 0 amide bonds. The molecule has 2 nitrogen and oxygen atoms in total. The molecule has 0 fully saturated rings. The summed E-state index contributed by atoms with van der Waals surface area (Å²) in [7, 11) is -1.40. The van der Waals surface area contributed by atoms with Gasteiger partial charge in [0.25, 0.3) is 0 Å². The van der Waals surface area contributed by atoms with Crippen LogP contribution in [-0.4, -0.2) is 13.9 Å². The minimum absolute atomic E-state index is 0.230. The van der Waals surface area contributed by atoms with E-state index in [1.807, 2.05) is 6.08 Å². The second-order valence-corrected chi connectivity index (χ2v) is 12.9. The van der Waals surface area contributed by atoms with Crippen LogP contribution in [0.2, 0.25) is 19.6 Å². The van der Waals surface area contributed by atoms with E-state index in [2.05, 4.69) is 32.6 Å². The number of furan rings is 1. The summed E-state index contributed by atoms with van der Waals surface area (Å²) >= 11 is 0. The molecule has 0 radical (unpaired) electrons. The third kappa shape index (κ3) is 9.26. The Hall–Kier alpha value is -1.09. The van der Waals surface area contributed by atoms with E-state index in [0.29, 0.717) is 6.42 Å². The predicted molar refractivity (Wildman–Crippen MR) is 108 cm³/mol. The van der Waals surface area contributed by atoms with Crippen LogP contribution in [-0.2, 0) is 4.79 Å². The first kappa shape index (κ1) is 21.0. The van der Waals surface area contributed by atoms with Gasteiger partial charge in [-0.05, 0) is 24.6 Å². The minimum atomic E-state index is -1.40. The highest BCUT2D eigenvalue weighted by atomic mass is 28.3. The minimum Gasteiger partial charge on any atom is -0.474 e. The molecule has 0 N–H and O–H groups in total. The van der Waals surface area contributed by atoms with Crippen LogP contribution in [0.1, 0.15) is 76.7 Å². The maximum absolute atomic E-state index is 11.9. The fourth-order valence-electron chi connectivity index (χ4n) is 2.71. The van der Waals surface area contributed by atoms with Gasteiger partial charge in [-0.2, -0.15) is 0 Å². The number of carbonyl (C=O) groups is 1. The van der Waals surface area contributed by atoms with Gasteiger partial charge >= 0.3 is 0 Å². The van der Waals surface area contributed by atoms with Crippen molar-refractivity contribution in [3.05, 3.63) is 24.0 Å². The van der Waals surface area contributed by atoms with Crippen LogP contribution in [0, 0.1) is 0 Å². The molecule has 0 spiro atoms.